The van der Waals surface area contributed by atoms with E-state index in [1.54, 1.807) is 0 Å². The number of rotatable bonds is 8. The molecule has 0 radical (unpaired) electrons. The van der Waals surface area contributed by atoms with E-state index in [-0.39, 0.29) is 25.2 Å². The zero-order chi connectivity index (χ0) is 18.5. The zero-order valence-electron chi connectivity index (χ0n) is 12.7. The number of halogens is 3. The summed E-state index contributed by atoms with van der Waals surface area (Å²) in [4.78, 5) is 21.4. The monoisotopic (exact) mass is 351 g/mol. The molecular weight excluding hydrogens is 335 g/mol. The van der Waals surface area contributed by atoms with Crippen LogP contribution in [0.25, 0.3) is 0 Å². The number of nitro benzene ring substituents is 2. The Morgan fingerprint density at radius 3 is 1.96 bits per heavy atom. The second kappa shape index (κ2) is 7.90. The highest BCUT2D eigenvalue weighted by Gasteiger charge is 2.39. The number of aliphatic hydroxyl groups excluding tert-OH is 1. The van der Waals surface area contributed by atoms with Crippen molar-refractivity contribution in [2.45, 2.75) is 25.9 Å². The van der Waals surface area contributed by atoms with Gasteiger partial charge in [0.2, 0.25) is 0 Å². The first kappa shape index (κ1) is 19.6. The van der Waals surface area contributed by atoms with E-state index in [0.29, 0.717) is 12.8 Å². The number of nitro groups is 2. The maximum atomic E-state index is 12.9. The van der Waals surface area contributed by atoms with Crippen molar-refractivity contribution >= 4 is 17.1 Å². The van der Waals surface area contributed by atoms with Crippen LogP contribution in [0.1, 0.15) is 25.3 Å². The fourth-order valence-corrected chi connectivity index (χ4v) is 2.18. The number of aliphatic hydroxyl groups is 1. The van der Waals surface area contributed by atoms with Gasteiger partial charge in [-0.05, 0) is 6.42 Å². The van der Waals surface area contributed by atoms with Gasteiger partial charge in [-0.1, -0.05) is 13.3 Å². The summed E-state index contributed by atoms with van der Waals surface area (Å²) >= 11 is 0. The van der Waals surface area contributed by atoms with E-state index in [4.69, 9.17) is 5.11 Å². The summed E-state index contributed by atoms with van der Waals surface area (Å²) in [6.07, 6.45) is -3.81. The van der Waals surface area contributed by atoms with Crippen LogP contribution < -0.4 is 4.90 Å². The topological polar surface area (TPSA) is 110 Å². The van der Waals surface area contributed by atoms with Gasteiger partial charge in [0.15, 0.2) is 5.69 Å². The quantitative estimate of drug-likeness (QED) is 0.569. The average molecular weight is 351 g/mol. The summed E-state index contributed by atoms with van der Waals surface area (Å²) < 4.78 is 38.6. The van der Waals surface area contributed by atoms with Gasteiger partial charge in [-0.2, -0.15) is 13.2 Å². The molecule has 8 nitrogen and oxygen atoms in total. The first-order valence-electron chi connectivity index (χ1n) is 7.03. The third-order valence-electron chi connectivity index (χ3n) is 3.26. The van der Waals surface area contributed by atoms with Gasteiger partial charge in [0.25, 0.3) is 11.4 Å². The molecule has 0 aliphatic carbocycles. The molecule has 1 rings (SSSR count). The van der Waals surface area contributed by atoms with Gasteiger partial charge in [0.05, 0.1) is 22.0 Å². The number of hydrogen-bond acceptors (Lipinski definition) is 6. The zero-order valence-corrected chi connectivity index (χ0v) is 12.7. The molecule has 1 aromatic rings. The number of unbranched alkanes of at least 4 members (excludes halogenated alkanes) is 1. The van der Waals surface area contributed by atoms with Crippen molar-refractivity contribution < 1.29 is 28.1 Å². The summed E-state index contributed by atoms with van der Waals surface area (Å²) in [5.41, 5.74) is -4.02. The second-order valence-electron chi connectivity index (χ2n) is 4.94. The van der Waals surface area contributed by atoms with Crippen LogP contribution in [0, 0.1) is 20.2 Å². The third-order valence-corrected chi connectivity index (χ3v) is 3.26. The van der Waals surface area contributed by atoms with E-state index in [1.165, 1.54) is 4.90 Å². The van der Waals surface area contributed by atoms with Gasteiger partial charge >= 0.3 is 6.18 Å². The minimum Gasteiger partial charge on any atom is -0.395 e. The predicted octanol–water partition coefficient (Wildman–Crippen LogP) is 3.12. The van der Waals surface area contributed by atoms with Crippen LogP contribution in [0.3, 0.4) is 0 Å². The van der Waals surface area contributed by atoms with Crippen LogP contribution >= 0.6 is 0 Å². The van der Waals surface area contributed by atoms with E-state index in [0.717, 1.165) is 0 Å². The van der Waals surface area contributed by atoms with E-state index in [9.17, 15) is 33.4 Å². The standard InChI is InChI=1S/C13H16F3N3O5/c1-2-3-4-17(5-6-20)12-10(18(21)22)7-9(13(14,15)16)8-11(12)19(23)24/h7-8,20H,2-6H2,1H3. The second-order valence-corrected chi connectivity index (χ2v) is 4.94. The highest BCUT2D eigenvalue weighted by atomic mass is 19.4. The molecule has 0 saturated heterocycles. The lowest BCUT2D eigenvalue weighted by molar-refractivity contribution is -0.393. The summed E-state index contributed by atoms with van der Waals surface area (Å²) in [5.74, 6) is 0. The summed E-state index contributed by atoms with van der Waals surface area (Å²) in [6, 6.07) is 0.553. The molecule has 0 aromatic heterocycles. The van der Waals surface area contributed by atoms with Crippen molar-refractivity contribution in [3.8, 4) is 0 Å². The average Bonchev–Trinajstić information content (AvgIpc) is 2.49. The largest absolute Gasteiger partial charge is 0.416 e. The summed E-state index contributed by atoms with van der Waals surface area (Å²) in [6.45, 7) is 1.31. The molecule has 0 bridgehead atoms. The van der Waals surface area contributed by atoms with Crippen LogP contribution in [0.15, 0.2) is 12.1 Å². The van der Waals surface area contributed by atoms with Crippen LogP contribution in [0.2, 0.25) is 0 Å². The van der Waals surface area contributed by atoms with Crippen LogP contribution in [-0.4, -0.2) is 34.6 Å². The lowest BCUT2D eigenvalue weighted by atomic mass is 10.1. The molecular formula is C13H16F3N3O5. The van der Waals surface area contributed by atoms with Gasteiger partial charge in [0, 0.05) is 25.2 Å². The lowest BCUT2D eigenvalue weighted by Crippen LogP contribution is -2.29. The minimum absolute atomic E-state index is 0.129. The molecule has 0 saturated carbocycles. The predicted molar refractivity (Wildman–Crippen MR) is 79.0 cm³/mol. The number of hydrogen-bond donors (Lipinski definition) is 1. The number of anilines is 1. The number of nitrogens with zero attached hydrogens (tertiary/aromatic N) is 3. The van der Waals surface area contributed by atoms with Gasteiger partial charge < -0.3 is 10.0 Å². The normalized spacial score (nSPS) is 11.4. The van der Waals surface area contributed by atoms with Gasteiger partial charge in [0.1, 0.15) is 0 Å². The van der Waals surface area contributed by atoms with Gasteiger partial charge in [-0.25, -0.2) is 0 Å². The highest BCUT2D eigenvalue weighted by molar-refractivity contribution is 5.76. The Bertz CT molecular complexity index is 586. The van der Waals surface area contributed by atoms with E-state index >= 15 is 0 Å². The molecule has 0 aliphatic heterocycles. The van der Waals surface area contributed by atoms with E-state index in [1.807, 2.05) is 6.92 Å². The van der Waals surface area contributed by atoms with E-state index < -0.39 is 45.3 Å². The van der Waals surface area contributed by atoms with Crippen molar-refractivity contribution in [1.82, 2.24) is 0 Å². The molecule has 0 spiro atoms. The smallest absolute Gasteiger partial charge is 0.395 e. The Labute approximate surface area is 134 Å². The maximum Gasteiger partial charge on any atom is 0.416 e. The molecule has 24 heavy (non-hydrogen) atoms. The van der Waals surface area contributed by atoms with Crippen LogP contribution in [0.4, 0.5) is 30.2 Å². The molecule has 0 unspecified atom stereocenters. The minimum atomic E-state index is -4.96. The molecule has 0 heterocycles. The number of benzene rings is 1. The summed E-state index contributed by atoms with van der Waals surface area (Å²) in [7, 11) is 0. The Hall–Kier alpha value is -2.43. The van der Waals surface area contributed by atoms with Crippen molar-refractivity contribution in [1.29, 1.82) is 0 Å². The first-order chi connectivity index (χ1) is 11.1. The van der Waals surface area contributed by atoms with Gasteiger partial charge in [-0.3, -0.25) is 20.2 Å². The SMILES string of the molecule is CCCCN(CCO)c1c([N+](=O)[O-])cc(C(F)(F)F)cc1[N+](=O)[O-]. The Balaban J connectivity index is 3.65. The maximum absolute atomic E-state index is 12.9. The van der Waals surface area contributed by atoms with Crippen molar-refractivity contribution in [3.63, 3.8) is 0 Å². The fourth-order valence-electron chi connectivity index (χ4n) is 2.18. The number of alkyl halides is 3. The molecule has 1 aromatic carbocycles. The van der Waals surface area contributed by atoms with Crippen molar-refractivity contribution in [2.75, 3.05) is 24.6 Å². The molecule has 0 fully saturated rings. The molecule has 1 N–H and O–H groups in total. The first-order valence-corrected chi connectivity index (χ1v) is 7.03. The Morgan fingerprint density at radius 2 is 1.62 bits per heavy atom. The Kier molecular flexibility index (Phi) is 6.46. The van der Waals surface area contributed by atoms with Gasteiger partial charge in [-0.15, -0.1) is 0 Å². The molecule has 0 atom stereocenters. The highest BCUT2D eigenvalue weighted by Crippen LogP contribution is 2.43. The van der Waals surface area contributed by atoms with Crippen LogP contribution in [-0.2, 0) is 6.18 Å². The third kappa shape index (κ3) is 4.54. The van der Waals surface area contributed by atoms with E-state index in [2.05, 4.69) is 0 Å². The summed E-state index contributed by atoms with van der Waals surface area (Å²) in [5, 5.41) is 31.4. The molecule has 0 aliphatic rings. The lowest BCUT2D eigenvalue weighted by Gasteiger charge is -2.23. The van der Waals surface area contributed by atoms with Crippen molar-refractivity contribution in [3.05, 3.63) is 37.9 Å². The Morgan fingerprint density at radius 1 is 1.12 bits per heavy atom. The fraction of sp³-hybridized carbons (Fsp3) is 0.538. The molecule has 134 valence electrons. The molecule has 11 heteroatoms. The van der Waals surface area contributed by atoms with Crippen LogP contribution in [0.5, 0.6) is 0 Å². The van der Waals surface area contributed by atoms with Crippen molar-refractivity contribution in [2.24, 2.45) is 0 Å². The molecule has 0 amide bonds.